The zero-order chi connectivity index (χ0) is 20.8. The summed E-state index contributed by atoms with van der Waals surface area (Å²) in [4.78, 5) is 25.4. The van der Waals surface area contributed by atoms with Gasteiger partial charge in [-0.2, -0.15) is 0 Å². The summed E-state index contributed by atoms with van der Waals surface area (Å²) >= 11 is 0. The lowest BCUT2D eigenvalue weighted by atomic mass is 9.98. The van der Waals surface area contributed by atoms with Crippen molar-refractivity contribution in [2.75, 3.05) is 11.9 Å². The van der Waals surface area contributed by atoms with Gasteiger partial charge in [-0.3, -0.25) is 9.59 Å². The average molecular weight is 400 g/mol. The van der Waals surface area contributed by atoms with Crippen LogP contribution in [0.5, 0.6) is 0 Å². The molecule has 4 rings (SSSR count). The third-order valence-corrected chi connectivity index (χ3v) is 5.16. The molecule has 152 valence electrons. The molecule has 0 spiro atoms. The zero-order valence-electron chi connectivity index (χ0n) is 16.6. The van der Waals surface area contributed by atoms with Crippen molar-refractivity contribution >= 4 is 17.5 Å². The highest BCUT2D eigenvalue weighted by atomic mass is 16.5. The van der Waals surface area contributed by atoms with Gasteiger partial charge in [0.05, 0.1) is 6.04 Å². The number of hydrogen-bond acceptors (Lipinski definition) is 3. The summed E-state index contributed by atoms with van der Waals surface area (Å²) in [6.07, 6.45) is 1.20. The Bertz CT molecular complexity index is 960. The van der Waals surface area contributed by atoms with Crippen molar-refractivity contribution in [1.82, 2.24) is 5.32 Å². The van der Waals surface area contributed by atoms with Gasteiger partial charge in [0, 0.05) is 17.9 Å². The van der Waals surface area contributed by atoms with E-state index in [2.05, 4.69) is 10.6 Å². The van der Waals surface area contributed by atoms with E-state index in [0.717, 1.165) is 24.0 Å². The van der Waals surface area contributed by atoms with E-state index in [1.165, 1.54) is 0 Å². The molecule has 1 aliphatic heterocycles. The first-order chi connectivity index (χ1) is 14.7. The van der Waals surface area contributed by atoms with Gasteiger partial charge in [0.2, 0.25) is 0 Å². The van der Waals surface area contributed by atoms with Crippen LogP contribution in [0.15, 0.2) is 84.9 Å². The Hall–Kier alpha value is -3.44. The number of benzene rings is 3. The maximum atomic E-state index is 13.0. The van der Waals surface area contributed by atoms with Gasteiger partial charge in [0.15, 0.2) is 0 Å². The third kappa shape index (κ3) is 4.75. The van der Waals surface area contributed by atoms with Crippen LogP contribution in [0.2, 0.25) is 0 Å². The molecule has 30 heavy (non-hydrogen) atoms. The minimum atomic E-state index is -0.414. The summed E-state index contributed by atoms with van der Waals surface area (Å²) in [6.45, 7) is 0.612. The summed E-state index contributed by atoms with van der Waals surface area (Å²) in [6, 6.07) is 26.4. The van der Waals surface area contributed by atoms with Gasteiger partial charge in [0.1, 0.15) is 6.10 Å². The van der Waals surface area contributed by atoms with Crippen LogP contribution in [0.4, 0.5) is 5.69 Å². The quantitative estimate of drug-likeness (QED) is 0.647. The van der Waals surface area contributed by atoms with Crippen LogP contribution in [0.25, 0.3) is 0 Å². The fourth-order valence-corrected chi connectivity index (χ4v) is 3.61. The van der Waals surface area contributed by atoms with Crippen molar-refractivity contribution in [3.63, 3.8) is 0 Å². The Kier molecular flexibility index (Phi) is 6.20. The van der Waals surface area contributed by atoms with E-state index in [1.807, 2.05) is 60.7 Å². The van der Waals surface area contributed by atoms with Crippen molar-refractivity contribution in [2.45, 2.75) is 25.0 Å². The van der Waals surface area contributed by atoms with E-state index in [-0.39, 0.29) is 17.9 Å². The first kappa shape index (κ1) is 19.9. The normalized spacial score (nSPS) is 15.7. The molecule has 2 N–H and O–H groups in total. The molecule has 0 saturated carbocycles. The Labute approximate surface area is 176 Å². The Balaban J connectivity index is 1.52. The molecule has 2 amide bonds. The molecule has 1 aliphatic rings. The van der Waals surface area contributed by atoms with Crippen LogP contribution >= 0.6 is 0 Å². The van der Waals surface area contributed by atoms with Crippen LogP contribution in [0.3, 0.4) is 0 Å². The molecule has 5 heteroatoms. The molecule has 1 heterocycles. The van der Waals surface area contributed by atoms with Crippen LogP contribution in [-0.2, 0) is 9.53 Å². The molecular formula is C25H24N2O3. The summed E-state index contributed by atoms with van der Waals surface area (Å²) < 4.78 is 5.42. The lowest BCUT2D eigenvalue weighted by molar-refractivity contribution is -0.124. The van der Waals surface area contributed by atoms with Crippen molar-refractivity contribution in [1.29, 1.82) is 0 Å². The molecule has 0 aliphatic carbocycles. The molecule has 0 bridgehead atoms. The second-order valence-electron chi connectivity index (χ2n) is 7.30. The predicted octanol–water partition coefficient (Wildman–Crippen LogP) is 4.32. The SMILES string of the molecule is O=C(NC(c1ccccc1)c1ccccc1)c1cccc(NC(=O)C2CCCO2)c1. The van der Waals surface area contributed by atoms with E-state index >= 15 is 0 Å². The molecular weight excluding hydrogens is 376 g/mol. The number of anilines is 1. The Morgan fingerprint density at radius 2 is 1.53 bits per heavy atom. The average Bonchev–Trinajstić information content (AvgIpc) is 3.34. The number of carbonyl (C=O) groups is 2. The minimum Gasteiger partial charge on any atom is -0.368 e. The number of rotatable bonds is 6. The number of ether oxygens (including phenoxy) is 1. The summed E-state index contributed by atoms with van der Waals surface area (Å²) in [7, 11) is 0. The molecule has 1 fully saturated rings. The van der Waals surface area contributed by atoms with Gasteiger partial charge in [-0.15, -0.1) is 0 Å². The van der Waals surface area contributed by atoms with Gasteiger partial charge < -0.3 is 15.4 Å². The fraction of sp³-hybridized carbons (Fsp3) is 0.200. The van der Waals surface area contributed by atoms with Crippen molar-refractivity contribution in [3.8, 4) is 0 Å². The van der Waals surface area contributed by atoms with Crippen LogP contribution in [-0.4, -0.2) is 24.5 Å². The number of carbonyl (C=O) groups excluding carboxylic acids is 2. The molecule has 0 aromatic heterocycles. The molecule has 1 atom stereocenters. The number of nitrogens with one attached hydrogen (secondary N) is 2. The lowest BCUT2D eigenvalue weighted by Crippen LogP contribution is -2.30. The van der Waals surface area contributed by atoms with E-state index in [4.69, 9.17) is 4.74 Å². The number of amides is 2. The van der Waals surface area contributed by atoms with Crippen LogP contribution < -0.4 is 10.6 Å². The third-order valence-electron chi connectivity index (χ3n) is 5.16. The van der Waals surface area contributed by atoms with Crippen LogP contribution in [0.1, 0.15) is 40.4 Å². The first-order valence-electron chi connectivity index (χ1n) is 10.1. The van der Waals surface area contributed by atoms with Gasteiger partial charge in [-0.05, 0) is 42.2 Å². The zero-order valence-corrected chi connectivity index (χ0v) is 16.6. The highest BCUT2D eigenvalue weighted by Gasteiger charge is 2.24. The van der Waals surface area contributed by atoms with E-state index < -0.39 is 6.10 Å². The monoisotopic (exact) mass is 400 g/mol. The van der Waals surface area contributed by atoms with Gasteiger partial charge >= 0.3 is 0 Å². The molecule has 1 saturated heterocycles. The highest BCUT2D eigenvalue weighted by Crippen LogP contribution is 2.23. The maximum absolute atomic E-state index is 13.0. The van der Waals surface area contributed by atoms with Gasteiger partial charge in [-0.25, -0.2) is 0 Å². The topological polar surface area (TPSA) is 67.4 Å². The van der Waals surface area contributed by atoms with E-state index in [0.29, 0.717) is 17.9 Å². The Morgan fingerprint density at radius 3 is 2.13 bits per heavy atom. The first-order valence-corrected chi connectivity index (χ1v) is 10.1. The summed E-state index contributed by atoms with van der Waals surface area (Å²) in [5.74, 6) is -0.377. The highest BCUT2D eigenvalue weighted by molar-refractivity contribution is 5.98. The summed E-state index contributed by atoms with van der Waals surface area (Å²) in [5, 5.41) is 5.98. The second-order valence-corrected chi connectivity index (χ2v) is 7.30. The van der Waals surface area contributed by atoms with E-state index in [9.17, 15) is 9.59 Å². The van der Waals surface area contributed by atoms with Crippen molar-refractivity contribution in [2.24, 2.45) is 0 Å². The van der Waals surface area contributed by atoms with Gasteiger partial charge in [0.25, 0.3) is 11.8 Å². The Morgan fingerprint density at radius 1 is 0.867 bits per heavy atom. The predicted molar refractivity (Wildman–Crippen MR) is 116 cm³/mol. The standard InChI is InChI=1S/C25H24N2O3/c28-24(20-13-7-14-21(17-20)26-25(29)22-15-8-16-30-22)27-23(18-9-3-1-4-10-18)19-11-5-2-6-12-19/h1-7,9-14,17,22-23H,8,15-16H2,(H,26,29)(H,27,28). The smallest absolute Gasteiger partial charge is 0.253 e. The van der Waals surface area contributed by atoms with Crippen molar-refractivity contribution < 1.29 is 14.3 Å². The van der Waals surface area contributed by atoms with Crippen molar-refractivity contribution in [3.05, 3.63) is 102 Å². The maximum Gasteiger partial charge on any atom is 0.253 e. The summed E-state index contributed by atoms with van der Waals surface area (Å²) in [5.41, 5.74) is 3.07. The molecule has 3 aromatic carbocycles. The largest absolute Gasteiger partial charge is 0.368 e. The molecule has 1 unspecified atom stereocenters. The lowest BCUT2D eigenvalue weighted by Gasteiger charge is -2.20. The number of hydrogen-bond donors (Lipinski definition) is 2. The van der Waals surface area contributed by atoms with Gasteiger partial charge in [-0.1, -0.05) is 66.7 Å². The molecule has 0 radical (unpaired) electrons. The molecule has 3 aromatic rings. The minimum absolute atomic E-state index is 0.170. The fourth-order valence-electron chi connectivity index (χ4n) is 3.61. The second kappa shape index (κ2) is 9.37. The van der Waals surface area contributed by atoms with Crippen LogP contribution in [0, 0.1) is 0 Å². The molecule has 5 nitrogen and oxygen atoms in total. The van der Waals surface area contributed by atoms with E-state index in [1.54, 1.807) is 24.3 Å².